The number of rotatable bonds is 2. The summed E-state index contributed by atoms with van der Waals surface area (Å²) in [6.07, 6.45) is 2.00. The molecule has 0 bridgehead atoms. The Bertz CT molecular complexity index is 152. The molecule has 0 amide bonds. The van der Waals surface area contributed by atoms with Gasteiger partial charge in [-0.1, -0.05) is 19.8 Å². The fraction of sp³-hybridized carbons (Fsp3) is 0.800. The molecule has 1 N–H and O–H groups in total. The summed E-state index contributed by atoms with van der Waals surface area (Å²) in [6.45, 7) is 7.75. The van der Waals surface area contributed by atoms with Crippen molar-refractivity contribution in [3.05, 3.63) is 0 Å². The zero-order chi connectivity index (χ0) is 8.91. The van der Waals surface area contributed by atoms with Gasteiger partial charge in [-0.25, -0.2) is 0 Å². The van der Waals surface area contributed by atoms with Crippen LogP contribution in [0.5, 0.6) is 0 Å². The molecule has 0 aromatic heterocycles. The summed E-state index contributed by atoms with van der Waals surface area (Å²) in [6, 6.07) is 0. The first-order chi connectivity index (χ1) is 4.92. The highest BCUT2D eigenvalue weighted by atomic mass is 16.3. The van der Waals surface area contributed by atoms with E-state index in [1.807, 2.05) is 0 Å². The van der Waals surface area contributed by atoms with Gasteiger partial charge in [0, 0.05) is 6.42 Å². The van der Waals surface area contributed by atoms with Crippen molar-refractivity contribution in [3.8, 4) is 11.8 Å². The fourth-order valence-electron chi connectivity index (χ4n) is 0.640. The summed E-state index contributed by atoms with van der Waals surface area (Å²) >= 11 is 0. The monoisotopic (exact) mass is 154 g/mol. The SMILES string of the molecule is CC(C)CCC#CC(C)(C)O. The van der Waals surface area contributed by atoms with Crippen LogP contribution in [-0.4, -0.2) is 10.7 Å². The smallest absolute Gasteiger partial charge is 0.119 e. The van der Waals surface area contributed by atoms with Gasteiger partial charge in [-0.3, -0.25) is 0 Å². The van der Waals surface area contributed by atoms with Crippen LogP contribution in [-0.2, 0) is 0 Å². The van der Waals surface area contributed by atoms with Gasteiger partial charge in [0.05, 0.1) is 0 Å². The molecule has 0 aliphatic heterocycles. The van der Waals surface area contributed by atoms with Crippen molar-refractivity contribution >= 4 is 0 Å². The van der Waals surface area contributed by atoms with Crippen LogP contribution < -0.4 is 0 Å². The lowest BCUT2D eigenvalue weighted by atomic mass is 10.1. The van der Waals surface area contributed by atoms with E-state index < -0.39 is 5.60 Å². The van der Waals surface area contributed by atoms with E-state index in [-0.39, 0.29) is 0 Å². The number of hydrogen-bond acceptors (Lipinski definition) is 1. The second-order valence-corrected chi connectivity index (χ2v) is 3.79. The van der Waals surface area contributed by atoms with Crippen molar-refractivity contribution < 1.29 is 5.11 Å². The van der Waals surface area contributed by atoms with Crippen LogP contribution in [0.1, 0.15) is 40.5 Å². The third kappa shape index (κ3) is 9.52. The molecule has 0 atom stereocenters. The minimum atomic E-state index is -0.822. The third-order valence-corrected chi connectivity index (χ3v) is 1.24. The van der Waals surface area contributed by atoms with Crippen molar-refractivity contribution in [3.63, 3.8) is 0 Å². The molecule has 1 heteroatoms. The first-order valence-corrected chi connectivity index (χ1v) is 4.14. The maximum Gasteiger partial charge on any atom is 0.119 e. The first kappa shape index (κ1) is 10.5. The Labute approximate surface area is 69.8 Å². The predicted molar refractivity (Wildman–Crippen MR) is 48.1 cm³/mol. The molecule has 0 radical (unpaired) electrons. The lowest BCUT2D eigenvalue weighted by Crippen LogP contribution is -2.14. The summed E-state index contributed by atoms with van der Waals surface area (Å²) in [5, 5.41) is 9.21. The van der Waals surface area contributed by atoms with E-state index in [0.29, 0.717) is 5.92 Å². The van der Waals surface area contributed by atoms with Gasteiger partial charge in [0.25, 0.3) is 0 Å². The number of hydrogen-bond donors (Lipinski definition) is 1. The molecule has 0 heterocycles. The molecular formula is C10H18O. The average molecular weight is 154 g/mol. The molecule has 0 saturated carbocycles. The van der Waals surface area contributed by atoms with Crippen LogP contribution in [0.2, 0.25) is 0 Å². The molecule has 0 unspecified atom stereocenters. The van der Waals surface area contributed by atoms with Crippen molar-refractivity contribution in [2.75, 3.05) is 0 Å². The summed E-state index contributed by atoms with van der Waals surface area (Å²) < 4.78 is 0. The molecule has 0 rings (SSSR count). The van der Waals surface area contributed by atoms with E-state index in [1.54, 1.807) is 13.8 Å². The molecule has 0 aromatic rings. The molecule has 1 nitrogen and oxygen atoms in total. The van der Waals surface area contributed by atoms with E-state index in [0.717, 1.165) is 12.8 Å². The van der Waals surface area contributed by atoms with Gasteiger partial charge in [-0.2, -0.15) is 0 Å². The largest absolute Gasteiger partial charge is 0.378 e. The highest BCUT2D eigenvalue weighted by molar-refractivity contribution is 5.09. The normalized spacial score (nSPS) is 11.1. The van der Waals surface area contributed by atoms with Crippen LogP contribution in [0.15, 0.2) is 0 Å². The first-order valence-electron chi connectivity index (χ1n) is 4.14. The standard InChI is InChI=1S/C10H18O/c1-9(2)7-5-6-8-10(3,4)11/h9,11H,5,7H2,1-4H3. The Balaban J connectivity index is 3.57. The van der Waals surface area contributed by atoms with E-state index in [4.69, 9.17) is 0 Å². The third-order valence-electron chi connectivity index (χ3n) is 1.24. The van der Waals surface area contributed by atoms with E-state index >= 15 is 0 Å². The van der Waals surface area contributed by atoms with E-state index in [9.17, 15) is 5.11 Å². The Hall–Kier alpha value is -0.480. The number of aliphatic hydroxyl groups is 1. The summed E-state index contributed by atoms with van der Waals surface area (Å²) in [4.78, 5) is 0. The zero-order valence-corrected chi connectivity index (χ0v) is 7.94. The molecule has 0 spiro atoms. The maximum absolute atomic E-state index is 9.21. The molecular weight excluding hydrogens is 136 g/mol. The second-order valence-electron chi connectivity index (χ2n) is 3.79. The van der Waals surface area contributed by atoms with Crippen molar-refractivity contribution in [1.82, 2.24) is 0 Å². The lowest BCUT2D eigenvalue weighted by Gasteiger charge is -2.06. The Kier molecular flexibility index (Phi) is 4.22. The molecule has 0 saturated heterocycles. The van der Waals surface area contributed by atoms with Crippen molar-refractivity contribution in [2.24, 2.45) is 5.92 Å². The van der Waals surface area contributed by atoms with Gasteiger partial charge < -0.3 is 5.11 Å². The van der Waals surface area contributed by atoms with Gasteiger partial charge in [-0.05, 0) is 26.2 Å². The average Bonchev–Trinajstić information content (AvgIpc) is 1.78. The molecule has 11 heavy (non-hydrogen) atoms. The van der Waals surface area contributed by atoms with Gasteiger partial charge in [0.1, 0.15) is 5.60 Å². The summed E-state index contributed by atoms with van der Waals surface area (Å²) in [7, 11) is 0. The molecule has 0 aliphatic carbocycles. The quantitative estimate of drug-likeness (QED) is 0.604. The van der Waals surface area contributed by atoms with Crippen molar-refractivity contribution in [2.45, 2.75) is 46.1 Å². The molecule has 0 aromatic carbocycles. The van der Waals surface area contributed by atoms with Gasteiger partial charge in [0.2, 0.25) is 0 Å². The van der Waals surface area contributed by atoms with Crippen LogP contribution in [0.3, 0.4) is 0 Å². The Morgan fingerprint density at radius 3 is 2.27 bits per heavy atom. The summed E-state index contributed by atoms with van der Waals surface area (Å²) in [5.74, 6) is 6.44. The van der Waals surface area contributed by atoms with E-state index in [1.165, 1.54) is 0 Å². The lowest BCUT2D eigenvalue weighted by molar-refractivity contribution is 0.143. The second kappa shape index (κ2) is 4.41. The highest BCUT2D eigenvalue weighted by Crippen LogP contribution is 2.03. The van der Waals surface area contributed by atoms with Crippen LogP contribution >= 0.6 is 0 Å². The van der Waals surface area contributed by atoms with Gasteiger partial charge >= 0.3 is 0 Å². The minimum absolute atomic E-state index is 0.700. The van der Waals surface area contributed by atoms with Gasteiger partial charge in [-0.15, -0.1) is 5.92 Å². The van der Waals surface area contributed by atoms with Crippen LogP contribution in [0.4, 0.5) is 0 Å². The molecule has 64 valence electrons. The fourth-order valence-corrected chi connectivity index (χ4v) is 0.640. The maximum atomic E-state index is 9.21. The van der Waals surface area contributed by atoms with E-state index in [2.05, 4.69) is 25.7 Å². The molecule has 0 aliphatic rings. The van der Waals surface area contributed by atoms with Crippen LogP contribution in [0.25, 0.3) is 0 Å². The summed E-state index contributed by atoms with van der Waals surface area (Å²) in [5.41, 5.74) is -0.822. The Morgan fingerprint density at radius 2 is 1.91 bits per heavy atom. The zero-order valence-electron chi connectivity index (χ0n) is 7.94. The van der Waals surface area contributed by atoms with Crippen LogP contribution in [0, 0.1) is 17.8 Å². The van der Waals surface area contributed by atoms with Crippen molar-refractivity contribution in [1.29, 1.82) is 0 Å². The highest BCUT2D eigenvalue weighted by Gasteiger charge is 2.04. The Morgan fingerprint density at radius 1 is 1.36 bits per heavy atom. The topological polar surface area (TPSA) is 20.2 Å². The van der Waals surface area contributed by atoms with Gasteiger partial charge in [0.15, 0.2) is 0 Å². The minimum Gasteiger partial charge on any atom is -0.378 e. The predicted octanol–water partition coefficient (Wildman–Crippen LogP) is 2.20. The molecule has 0 fully saturated rings.